The first kappa shape index (κ1) is 63.8. The van der Waals surface area contributed by atoms with E-state index in [0.29, 0.717) is 21.4 Å². The lowest BCUT2D eigenvalue weighted by atomic mass is 9.75. The van der Waals surface area contributed by atoms with Crippen LogP contribution in [0.25, 0.3) is 5.57 Å². The fourth-order valence-electron chi connectivity index (χ4n) is 7.46. The summed E-state index contributed by atoms with van der Waals surface area (Å²) < 4.78 is 0. The van der Waals surface area contributed by atoms with E-state index in [1.807, 2.05) is 40.0 Å². The summed E-state index contributed by atoms with van der Waals surface area (Å²) in [4.78, 5) is 12.9. The average molecular weight is 914 g/mol. The number of carbonyl (C=O) groups excluding carboxylic acids is 1. The van der Waals surface area contributed by atoms with Gasteiger partial charge in [-0.25, -0.2) is 4.98 Å². The van der Waals surface area contributed by atoms with Crippen molar-refractivity contribution in [2.75, 3.05) is 23.7 Å². The number of amides is 1. The first-order valence-electron chi connectivity index (χ1n) is 24.0. The van der Waals surface area contributed by atoms with E-state index in [0.717, 1.165) is 54.1 Å². The highest BCUT2D eigenvalue weighted by atomic mass is 35.5. The van der Waals surface area contributed by atoms with Gasteiger partial charge in [-0.1, -0.05) is 184 Å². The van der Waals surface area contributed by atoms with Crippen LogP contribution in [0.4, 0.5) is 11.5 Å². The van der Waals surface area contributed by atoms with Crippen LogP contribution in [0.2, 0.25) is 0 Å². The van der Waals surface area contributed by atoms with Crippen LogP contribution < -0.4 is 27.8 Å². The number of allylic oxidation sites excluding steroid dienone is 5. The molecule has 1 aromatic heterocycles. The zero-order valence-corrected chi connectivity index (χ0v) is 43.4. The van der Waals surface area contributed by atoms with Crippen molar-refractivity contribution in [2.45, 2.75) is 185 Å². The van der Waals surface area contributed by atoms with E-state index < -0.39 is 0 Å². The summed E-state index contributed by atoms with van der Waals surface area (Å²) in [6.07, 6.45) is 30.5. The Bertz CT molecular complexity index is 1540. The van der Waals surface area contributed by atoms with Crippen LogP contribution in [-0.2, 0) is 4.79 Å². The Morgan fingerprint density at radius 2 is 1.44 bits per heavy atom. The number of rotatable bonds is 24. The van der Waals surface area contributed by atoms with Crippen molar-refractivity contribution in [3.63, 3.8) is 0 Å². The molecule has 1 aromatic carbocycles. The van der Waals surface area contributed by atoms with E-state index in [9.17, 15) is 0 Å². The molecule has 1 heterocycles. The highest BCUT2D eigenvalue weighted by molar-refractivity contribution is 6.41. The lowest BCUT2D eigenvalue weighted by Gasteiger charge is -2.32. The van der Waals surface area contributed by atoms with Crippen molar-refractivity contribution >= 4 is 46.7 Å². The second-order valence-electron chi connectivity index (χ2n) is 16.4. The Labute approximate surface area is 398 Å². The molecule has 3 rings (SSSR count). The molecule has 63 heavy (non-hydrogen) atoms. The van der Waals surface area contributed by atoms with Gasteiger partial charge in [-0.2, -0.15) is 0 Å². The second kappa shape index (κ2) is 42.4. The molecule has 0 radical (unpaired) electrons. The molecule has 0 bridgehead atoms. The number of nitrogens with one attached hydrogen (secondary N) is 2. The minimum absolute atomic E-state index is 0.250. The average Bonchev–Trinajstić information content (AvgIpc) is 3.26. The Morgan fingerprint density at radius 1 is 0.905 bits per heavy atom. The van der Waals surface area contributed by atoms with Crippen molar-refractivity contribution in [3.8, 4) is 0 Å². The molecule has 360 valence electrons. The van der Waals surface area contributed by atoms with Gasteiger partial charge in [0.25, 0.3) is 0 Å². The molecular weight excluding hydrogens is 820 g/mol. The number of halogens is 2. The maximum Gasteiger partial charge on any atom is 0.204 e. The molecule has 1 unspecified atom stereocenters. The first-order valence-corrected chi connectivity index (χ1v) is 24.7. The van der Waals surface area contributed by atoms with Crippen LogP contribution in [0, 0.1) is 32.1 Å². The standard InChI is InChI=1S/C29H52N2.C13H14Cl2N2.C7H14.C2H5N.C2H6.CH3NO/c1-6-20-29(24-30,21-7-2)22-15-13-11-9-8-10-12-14-16-23-31-28-19-17-18-27(25(3)4)26(28)5;1-8-6-9(2)13(16-7-8)17-11-5-3-4-10(14)12(11)15;1-4-6-7(3)5-2;1-2-3;1-2;2-1-3/h17-19,31H,3,6-16,20-24,30H2,1-2,4-5H3;5-7H,3-4H2,1-2H3,(H,16,17);5,7H,2,4,6H2,1,3H3;2H,1,3H2;1-2H3;1H,(H2,2,3). The predicted molar refractivity (Wildman–Crippen MR) is 285 cm³/mol. The minimum Gasteiger partial charge on any atom is -0.405 e. The van der Waals surface area contributed by atoms with Crippen LogP contribution in [0.15, 0.2) is 84.3 Å². The third-order valence-corrected chi connectivity index (χ3v) is 11.7. The van der Waals surface area contributed by atoms with E-state index in [4.69, 9.17) is 33.7 Å². The van der Waals surface area contributed by atoms with Gasteiger partial charge in [-0.3, -0.25) is 4.79 Å². The van der Waals surface area contributed by atoms with Crippen molar-refractivity contribution in [2.24, 2.45) is 28.5 Å². The number of primary amides is 1. The van der Waals surface area contributed by atoms with Crippen LogP contribution in [0.3, 0.4) is 0 Å². The molecule has 0 saturated heterocycles. The summed E-state index contributed by atoms with van der Waals surface area (Å²) in [5.41, 5.74) is 23.5. The van der Waals surface area contributed by atoms with Crippen LogP contribution >= 0.6 is 23.2 Å². The lowest BCUT2D eigenvalue weighted by Crippen LogP contribution is -2.30. The summed E-state index contributed by atoms with van der Waals surface area (Å²) >= 11 is 12.2. The normalized spacial score (nSPS) is 12.0. The predicted octanol–water partition coefficient (Wildman–Crippen LogP) is 16.2. The monoisotopic (exact) mass is 913 g/mol. The van der Waals surface area contributed by atoms with Crippen LogP contribution in [0.5, 0.6) is 0 Å². The number of nitrogens with zero attached hydrogens (tertiary/aromatic N) is 1. The number of aromatic nitrogens is 1. The lowest BCUT2D eigenvalue weighted by molar-refractivity contribution is -0.106. The van der Waals surface area contributed by atoms with Gasteiger partial charge in [-0.15, -0.1) is 6.58 Å². The quantitative estimate of drug-likeness (QED) is 0.0405. The molecule has 0 aliphatic heterocycles. The molecular formula is C54H94Cl2N6O. The molecule has 1 aliphatic carbocycles. The molecule has 0 saturated carbocycles. The number of benzene rings is 1. The Morgan fingerprint density at radius 3 is 1.90 bits per heavy atom. The zero-order valence-electron chi connectivity index (χ0n) is 41.9. The van der Waals surface area contributed by atoms with Gasteiger partial charge in [0.15, 0.2) is 0 Å². The number of anilines is 2. The fraction of sp³-hybridized carbons (Fsp3) is 0.593. The van der Waals surface area contributed by atoms with Crippen LogP contribution in [0.1, 0.15) is 186 Å². The SMILES string of the molecule is C=C(C)c1cccc(NCCCCCCCCCCCC(CN)(CCC)CCC)c1C.C=CC(C)CCC.C=CN.CC.Cc1cnc(NC2=CCCC(Cl)=C2Cl)c(C)c1.NC=O. The number of nitrogens with two attached hydrogens (primary N) is 3. The van der Waals surface area contributed by atoms with E-state index in [1.54, 1.807) is 0 Å². The number of pyridine rings is 1. The number of hydrogen-bond donors (Lipinski definition) is 5. The number of carbonyl (C=O) groups is 1. The Kier molecular flexibility index (Phi) is 42.9. The van der Waals surface area contributed by atoms with Crippen molar-refractivity contribution in [1.29, 1.82) is 0 Å². The number of aryl methyl sites for hydroxylation is 2. The van der Waals surface area contributed by atoms with Gasteiger partial charge in [0.05, 0.1) is 10.7 Å². The molecule has 9 heteroatoms. The van der Waals surface area contributed by atoms with E-state index in [1.165, 1.54) is 126 Å². The molecule has 7 nitrogen and oxygen atoms in total. The van der Waals surface area contributed by atoms with Gasteiger partial charge >= 0.3 is 0 Å². The van der Waals surface area contributed by atoms with E-state index in [2.05, 4.69) is 119 Å². The zero-order chi connectivity index (χ0) is 48.5. The molecule has 8 N–H and O–H groups in total. The smallest absolute Gasteiger partial charge is 0.204 e. The highest BCUT2D eigenvalue weighted by Gasteiger charge is 2.25. The highest BCUT2D eigenvalue weighted by Crippen LogP contribution is 2.35. The van der Waals surface area contributed by atoms with Gasteiger partial charge < -0.3 is 27.8 Å². The first-order chi connectivity index (χ1) is 30.2. The number of unbranched alkanes of at least 4 members (excludes halogenated alkanes) is 8. The van der Waals surface area contributed by atoms with Crippen molar-refractivity contribution in [3.05, 3.63) is 107 Å². The summed E-state index contributed by atoms with van der Waals surface area (Å²) in [5.74, 6) is 1.54. The van der Waals surface area contributed by atoms with Gasteiger partial charge in [0.1, 0.15) is 5.82 Å². The number of hydrogen-bond acceptors (Lipinski definition) is 6. The third kappa shape index (κ3) is 31.1. The van der Waals surface area contributed by atoms with Crippen LogP contribution in [-0.4, -0.2) is 24.5 Å². The minimum atomic E-state index is 0.250. The molecule has 0 spiro atoms. The maximum atomic E-state index is 8.58. The van der Waals surface area contributed by atoms with Crippen molar-refractivity contribution < 1.29 is 4.79 Å². The second-order valence-corrected chi connectivity index (χ2v) is 17.2. The molecule has 0 fully saturated rings. The van der Waals surface area contributed by atoms with Gasteiger partial charge in [-0.05, 0) is 125 Å². The Balaban J connectivity index is -0.000000930. The van der Waals surface area contributed by atoms with Crippen molar-refractivity contribution in [1.82, 2.24) is 4.98 Å². The van der Waals surface area contributed by atoms with E-state index in [-0.39, 0.29) is 6.41 Å². The summed E-state index contributed by atoms with van der Waals surface area (Å²) in [6, 6.07) is 8.55. The van der Waals surface area contributed by atoms with Gasteiger partial charge in [0, 0.05) is 23.5 Å². The molecule has 1 aliphatic rings. The molecule has 1 amide bonds. The molecule has 1 atom stereocenters. The summed E-state index contributed by atoms with van der Waals surface area (Å²) in [6.45, 7) is 34.2. The largest absolute Gasteiger partial charge is 0.405 e. The van der Waals surface area contributed by atoms with E-state index >= 15 is 0 Å². The maximum absolute atomic E-state index is 8.58. The third-order valence-electron chi connectivity index (χ3n) is 10.8. The molecule has 2 aromatic rings. The summed E-state index contributed by atoms with van der Waals surface area (Å²) in [7, 11) is 0. The topological polar surface area (TPSA) is 132 Å². The van der Waals surface area contributed by atoms with Gasteiger partial charge in [0.2, 0.25) is 6.41 Å². The summed E-state index contributed by atoms with van der Waals surface area (Å²) in [5, 5.41) is 8.16. The fourth-order valence-corrected chi connectivity index (χ4v) is 7.89. The Hall–Kier alpha value is -3.52.